The maximum atomic E-state index is 12.1. The van der Waals surface area contributed by atoms with Crippen LogP contribution in [0.2, 0.25) is 0 Å². The quantitative estimate of drug-likeness (QED) is 0.807. The zero-order valence-electron chi connectivity index (χ0n) is 10.5. The minimum atomic E-state index is -4.72. The minimum Gasteiger partial charge on any atom is -0.496 e. The van der Waals surface area contributed by atoms with Crippen LogP contribution in [-0.4, -0.2) is 13.5 Å². The number of nitrogens with two attached hydrogens (primary N) is 1. The molecule has 0 aliphatic carbocycles. The third kappa shape index (κ3) is 4.82. The number of halogens is 3. The van der Waals surface area contributed by atoms with Crippen LogP contribution < -0.4 is 15.2 Å². The summed E-state index contributed by atoms with van der Waals surface area (Å²) in [7, 11) is 1.37. The molecule has 3 nitrogen and oxygen atoms in total. The molecular weight excluding hydrogens is 259 g/mol. The predicted octanol–water partition coefficient (Wildman–Crippen LogP) is 3.56. The van der Waals surface area contributed by atoms with Crippen molar-refractivity contribution >= 4 is 0 Å². The molecule has 0 unspecified atom stereocenters. The van der Waals surface area contributed by atoms with Crippen molar-refractivity contribution in [3.8, 4) is 11.5 Å². The molecular formula is C13H16F3NO2. The number of alkyl halides is 3. The highest BCUT2D eigenvalue weighted by atomic mass is 19.4. The summed E-state index contributed by atoms with van der Waals surface area (Å²) in [4.78, 5) is 0. The molecule has 0 saturated heterocycles. The average molecular weight is 275 g/mol. The Morgan fingerprint density at radius 3 is 2.63 bits per heavy atom. The smallest absolute Gasteiger partial charge is 0.496 e. The molecule has 1 aromatic carbocycles. The molecule has 1 aromatic rings. The Kier molecular flexibility index (Phi) is 5.23. The molecule has 0 spiro atoms. The number of rotatable bonds is 6. The van der Waals surface area contributed by atoms with Gasteiger partial charge in [0.15, 0.2) is 0 Å². The van der Waals surface area contributed by atoms with E-state index in [9.17, 15) is 13.2 Å². The fourth-order valence-corrected chi connectivity index (χ4v) is 1.65. The third-order valence-corrected chi connectivity index (χ3v) is 2.52. The normalized spacial score (nSPS) is 12.9. The fourth-order valence-electron chi connectivity index (χ4n) is 1.65. The standard InChI is InChI=1S/C13H16F3NO2/c1-3-4-5-11(17)10-7-6-9(8-12(10)18-2)19-13(14,15)16/h3,6-8,11H,1,4-5,17H2,2H3/t11-/m0/s1. The van der Waals surface area contributed by atoms with Gasteiger partial charge in [-0.3, -0.25) is 0 Å². The van der Waals surface area contributed by atoms with E-state index >= 15 is 0 Å². The van der Waals surface area contributed by atoms with E-state index in [4.69, 9.17) is 10.5 Å². The van der Waals surface area contributed by atoms with Gasteiger partial charge in [-0.25, -0.2) is 0 Å². The molecule has 0 heterocycles. The van der Waals surface area contributed by atoms with Crippen LogP contribution in [0.1, 0.15) is 24.4 Å². The summed E-state index contributed by atoms with van der Waals surface area (Å²) in [5, 5.41) is 0. The van der Waals surface area contributed by atoms with Gasteiger partial charge in [0.25, 0.3) is 0 Å². The number of benzene rings is 1. The first-order valence-electron chi connectivity index (χ1n) is 5.67. The molecule has 1 atom stereocenters. The van der Waals surface area contributed by atoms with Crippen molar-refractivity contribution in [3.05, 3.63) is 36.4 Å². The van der Waals surface area contributed by atoms with Crippen LogP contribution in [0.3, 0.4) is 0 Å². The first-order valence-corrected chi connectivity index (χ1v) is 5.67. The Labute approximate surface area is 109 Å². The summed E-state index contributed by atoms with van der Waals surface area (Å²) in [5.74, 6) is -0.0534. The molecule has 19 heavy (non-hydrogen) atoms. The van der Waals surface area contributed by atoms with Gasteiger partial charge in [0.2, 0.25) is 0 Å². The van der Waals surface area contributed by atoms with Crippen molar-refractivity contribution in [2.75, 3.05) is 7.11 Å². The lowest BCUT2D eigenvalue weighted by atomic mass is 10.0. The zero-order valence-corrected chi connectivity index (χ0v) is 10.5. The van der Waals surface area contributed by atoms with Crippen molar-refractivity contribution < 1.29 is 22.6 Å². The highest BCUT2D eigenvalue weighted by Crippen LogP contribution is 2.32. The summed E-state index contributed by atoms with van der Waals surface area (Å²) in [6.07, 6.45) is -1.64. The SMILES string of the molecule is C=CCC[C@H](N)c1ccc(OC(F)(F)F)cc1OC. The van der Waals surface area contributed by atoms with Gasteiger partial charge in [-0.1, -0.05) is 12.1 Å². The zero-order chi connectivity index (χ0) is 14.5. The lowest BCUT2D eigenvalue weighted by Gasteiger charge is -2.17. The molecule has 1 rings (SSSR count). The van der Waals surface area contributed by atoms with Crippen molar-refractivity contribution in [3.63, 3.8) is 0 Å². The molecule has 0 aromatic heterocycles. The van der Waals surface area contributed by atoms with E-state index in [-0.39, 0.29) is 17.5 Å². The maximum absolute atomic E-state index is 12.1. The van der Waals surface area contributed by atoms with Crippen molar-refractivity contribution in [2.24, 2.45) is 5.73 Å². The van der Waals surface area contributed by atoms with E-state index < -0.39 is 6.36 Å². The summed E-state index contributed by atoms with van der Waals surface area (Å²) < 4.78 is 45.2. The predicted molar refractivity (Wildman–Crippen MR) is 66.0 cm³/mol. The first kappa shape index (κ1) is 15.4. The van der Waals surface area contributed by atoms with Gasteiger partial charge in [-0.15, -0.1) is 19.8 Å². The molecule has 0 saturated carbocycles. The topological polar surface area (TPSA) is 44.5 Å². The van der Waals surface area contributed by atoms with Gasteiger partial charge in [-0.05, 0) is 18.9 Å². The monoisotopic (exact) mass is 275 g/mol. The van der Waals surface area contributed by atoms with Gasteiger partial charge >= 0.3 is 6.36 Å². The number of ether oxygens (including phenoxy) is 2. The van der Waals surface area contributed by atoms with E-state index in [1.807, 2.05) is 0 Å². The number of hydrogen-bond acceptors (Lipinski definition) is 3. The van der Waals surface area contributed by atoms with Crippen molar-refractivity contribution in [1.82, 2.24) is 0 Å². The van der Waals surface area contributed by atoms with Gasteiger partial charge in [-0.2, -0.15) is 0 Å². The van der Waals surface area contributed by atoms with Crippen molar-refractivity contribution in [1.29, 1.82) is 0 Å². The largest absolute Gasteiger partial charge is 0.573 e. The van der Waals surface area contributed by atoms with Crippen molar-refractivity contribution in [2.45, 2.75) is 25.2 Å². The van der Waals surface area contributed by atoms with E-state index in [0.29, 0.717) is 18.4 Å². The van der Waals surface area contributed by atoms with E-state index in [1.54, 1.807) is 6.08 Å². The summed E-state index contributed by atoms with van der Waals surface area (Å²) in [5.41, 5.74) is 6.58. The van der Waals surface area contributed by atoms with E-state index in [0.717, 1.165) is 0 Å². The number of hydrogen-bond donors (Lipinski definition) is 1. The van der Waals surface area contributed by atoms with Crippen LogP contribution in [0.4, 0.5) is 13.2 Å². The molecule has 0 amide bonds. The van der Waals surface area contributed by atoms with Gasteiger partial charge in [0.05, 0.1) is 7.11 Å². The van der Waals surface area contributed by atoms with Crippen LogP contribution in [0.25, 0.3) is 0 Å². The second kappa shape index (κ2) is 6.47. The Balaban J connectivity index is 2.92. The molecule has 6 heteroatoms. The summed E-state index contributed by atoms with van der Waals surface area (Å²) >= 11 is 0. The molecule has 0 aliphatic heterocycles. The van der Waals surface area contributed by atoms with Crippen LogP contribution in [-0.2, 0) is 0 Å². The molecule has 0 fully saturated rings. The van der Waals surface area contributed by atoms with Gasteiger partial charge in [0.1, 0.15) is 11.5 Å². The second-order valence-corrected chi connectivity index (χ2v) is 3.92. The highest BCUT2D eigenvalue weighted by molar-refractivity contribution is 5.42. The molecule has 106 valence electrons. The molecule has 0 bridgehead atoms. The highest BCUT2D eigenvalue weighted by Gasteiger charge is 2.31. The van der Waals surface area contributed by atoms with Crippen LogP contribution in [0.5, 0.6) is 11.5 Å². The van der Waals surface area contributed by atoms with E-state index in [2.05, 4.69) is 11.3 Å². The second-order valence-electron chi connectivity index (χ2n) is 3.92. The Morgan fingerprint density at radius 2 is 2.11 bits per heavy atom. The Bertz CT molecular complexity index is 432. The molecule has 0 aliphatic rings. The van der Waals surface area contributed by atoms with Gasteiger partial charge < -0.3 is 15.2 Å². The summed E-state index contributed by atoms with van der Waals surface area (Å²) in [6.45, 7) is 3.59. The minimum absolute atomic E-state index is 0.276. The maximum Gasteiger partial charge on any atom is 0.573 e. The lowest BCUT2D eigenvalue weighted by molar-refractivity contribution is -0.274. The average Bonchev–Trinajstić information content (AvgIpc) is 2.33. The summed E-state index contributed by atoms with van der Waals surface area (Å²) in [6, 6.07) is 3.55. The molecule has 2 N–H and O–H groups in total. The van der Waals surface area contributed by atoms with E-state index in [1.165, 1.54) is 25.3 Å². The lowest BCUT2D eigenvalue weighted by Crippen LogP contribution is -2.17. The van der Waals surface area contributed by atoms with Crippen LogP contribution in [0, 0.1) is 0 Å². The third-order valence-electron chi connectivity index (χ3n) is 2.52. The molecule has 0 radical (unpaired) electrons. The Morgan fingerprint density at radius 1 is 1.42 bits per heavy atom. The Hall–Kier alpha value is -1.69. The number of methoxy groups -OCH3 is 1. The van der Waals surface area contributed by atoms with Gasteiger partial charge in [0, 0.05) is 17.7 Å². The first-order chi connectivity index (χ1) is 8.87. The van der Waals surface area contributed by atoms with Crippen LogP contribution >= 0.6 is 0 Å². The number of allylic oxidation sites excluding steroid dienone is 1. The van der Waals surface area contributed by atoms with Crippen LogP contribution in [0.15, 0.2) is 30.9 Å². The fraction of sp³-hybridized carbons (Fsp3) is 0.385.